The quantitative estimate of drug-likeness (QED) is 0.627. The second kappa shape index (κ2) is 8.83. The molecule has 2 aromatic rings. The molecule has 2 rings (SSSR count). The van der Waals surface area contributed by atoms with Crippen LogP contribution >= 0.6 is 0 Å². The van der Waals surface area contributed by atoms with Crippen molar-refractivity contribution in [2.24, 2.45) is 0 Å². The van der Waals surface area contributed by atoms with Crippen LogP contribution in [-0.4, -0.2) is 32.3 Å². The SMILES string of the molecule is CC(C)NS(=O)(=O)c1ccc(C(=O)NC(C)C(=O)NCc2ccco2)cc1. The monoisotopic (exact) mass is 393 g/mol. The summed E-state index contributed by atoms with van der Waals surface area (Å²) in [5, 5.41) is 5.22. The summed E-state index contributed by atoms with van der Waals surface area (Å²) >= 11 is 0. The van der Waals surface area contributed by atoms with E-state index < -0.39 is 22.0 Å². The van der Waals surface area contributed by atoms with Crippen LogP contribution in [0.4, 0.5) is 0 Å². The molecule has 0 fully saturated rings. The van der Waals surface area contributed by atoms with Crippen LogP contribution in [-0.2, 0) is 21.4 Å². The van der Waals surface area contributed by atoms with Gasteiger partial charge >= 0.3 is 0 Å². The average Bonchev–Trinajstić information content (AvgIpc) is 3.12. The summed E-state index contributed by atoms with van der Waals surface area (Å²) in [5.74, 6) is -0.231. The van der Waals surface area contributed by atoms with Crippen molar-refractivity contribution in [3.63, 3.8) is 0 Å². The molecule has 1 atom stereocenters. The Kier molecular flexibility index (Phi) is 6.75. The number of rotatable bonds is 8. The van der Waals surface area contributed by atoms with Crippen molar-refractivity contribution in [1.82, 2.24) is 15.4 Å². The number of hydrogen-bond donors (Lipinski definition) is 3. The molecule has 0 saturated carbocycles. The van der Waals surface area contributed by atoms with Crippen molar-refractivity contribution < 1.29 is 22.4 Å². The first-order valence-corrected chi connectivity index (χ1v) is 9.90. The van der Waals surface area contributed by atoms with Crippen LogP contribution in [0.3, 0.4) is 0 Å². The van der Waals surface area contributed by atoms with Crippen molar-refractivity contribution in [2.75, 3.05) is 0 Å². The first-order valence-electron chi connectivity index (χ1n) is 8.42. The Morgan fingerprint density at radius 2 is 1.74 bits per heavy atom. The molecule has 0 bridgehead atoms. The predicted octanol–water partition coefficient (Wildman–Crippen LogP) is 1.40. The van der Waals surface area contributed by atoms with Crippen LogP contribution in [0, 0.1) is 0 Å². The number of carbonyl (C=O) groups is 2. The number of carbonyl (C=O) groups excluding carboxylic acids is 2. The van der Waals surface area contributed by atoms with E-state index in [1.54, 1.807) is 32.9 Å². The summed E-state index contributed by atoms with van der Waals surface area (Å²) in [7, 11) is -3.62. The zero-order chi connectivity index (χ0) is 20.0. The van der Waals surface area contributed by atoms with Gasteiger partial charge in [-0.15, -0.1) is 0 Å². The third-order valence-electron chi connectivity index (χ3n) is 3.58. The molecule has 0 spiro atoms. The molecule has 8 nitrogen and oxygen atoms in total. The number of benzene rings is 1. The van der Waals surface area contributed by atoms with Gasteiger partial charge in [-0.05, 0) is 57.2 Å². The van der Waals surface area contributed by atoms with E-state index in [0.717, 1.165) is 0 Å². The average molecular weight is 393 g/mol. The smallest absolute Gasteiger partial charge is 0.251 e. The number of hydrogen-bond acceptors (Lipinski definition) is 5. The summed E-state index contributed by atoms with van der Waals surface area (Å²) in [5.41, 5.74) is 0.254. The molecule has 0 aliphatic rings. The minimum atomic E-state index is -3.62. The molecule has 146 valence electrons. The molecule has 0 radical (unpaired) electrons. The zero-order valence-electron chi connectivity index (χ0n) is 15.4. The second-order valence-corrected chi connectivity index (χ2v) is 8.01. The molecular weight excluding hydrogens is 370 g/mol. The van der Waals surface area contributed by atoms with Gasteiger partial charge in [-0.25, -0.2) is 13.1 Å². The molecule has 0 aliphatic heterocycles. The van der Waals surface area contributed by atoms with Gasteiger partial charge in [0.25, 0.3) is 5.91 Å². The van der Waals surface area contributed by atoms with E-state index in [1.165, 1.54) is 30.5 Å². The number of amides is 2. The molecule has 3 N–H and O–H groups in total. The van der Waals surface area contributed by atoms with Crippen LogP contribution in [0.15, 0.2) is 52.0 Å². The molecule has 0 saturated heterocycles. The Morgan fingerprint density at radius 1 is 1.07 bits per heavy atom. The Labute approximate surface area is 158 Å². The molecular formula is C18H23N3O5S. The van der Waals surface area contributed by atoms with Gasteiger partial charge in [-0.1, -0.05) is 0 Å². The third-order valence-corrected chi connectivity index (χ3v) is 5.25. The number of nitrogens with one attached hydrogen (secondary N) is 3. The Hall–Kier alpha value is -2.65. The standard InChI is InChI=1S/C18H23N3O5S/c1-12(2)21-27(24,25)16-8-6-14(7-9-16)18(23)20-13(3)17(22)19-11-15-5-4-10-26-15/h4-10,12-13,21H,11H2,1-3H3,(H,19,22)(H,20,23). The molecule has 1 heterocycles. The minimum Gasteiger partial charge on any atom is -0.467 e. The van der Waals surface area contributed by atoms with Crippen molar-refractivity contribution in [1.29, 1.82) is 0 Å². The predicted molar refractivity (Wildman–Crippen MR) is 99.4 cm³/mol. The number of sulfonamides is 1. The maximum atomic E-state index is 12.3. The van der Waals surface area contributed by atoms with Crippen molar-refractivity contribution in [2.45, 2.75) is 44.3 Å². The van der Waals surface area contributed by atoms with E-state index in [-0.39, 0.29) is 29.0 Å². The molecule has 1 aromatic heterocycles. The molecule has 1 unspecified atom stereocenters. The van der Waals surface area contributed by atoms with Gasteiger partial charge in [-0.3, -0.25) is 9.59 Å². The summed E-state index contributed by atoms with van der Waals surface area (Å²) in [6.07, 6.45) is 1.51. The molecule has 1 aromatic carbocycles. The highest BCUT2D eigenvalue weighted by Gasteiger charge is 2.19. The lowest BCUT2D eigenvalue weighted by atomic mass is 10.2. The molecule has 27 heavy (non-hydrogen) atoms. The van der Waals surface area contributed by atoms with E-state index in [0.29, 0.717) is 5.76 Å². The lowest BCUT2D eigenvalue weighted by molar-refractivity contribution is -0.122. The Bertz CT molecular complexity index is 874. The minimum absolute atomic E-state index is 0.0667. The topological polar surface area (TPSA) is 118 Å². The third kappa shape index (κ3) is 5.93. The van der Waals surface area contributed by atoms with E-state index in [9.17, 15) is 18.0 Å². The van der Waals surface area contributed by atoms with Crippen molar-refractivity contribution >= 4 is 21.8 Å². The van der Waals surface area contributed by atoms with Gasteiger partial charge in [0.2, 0.25) is 15.9 Å². The summed E-state index contributed by atoms with van der Waals surface area (Å²) in [6, 6.07) is 7.94. The van der Waals surface area contributed by atoms with Gasteiger partial charge < -0.3 is 15.1 Å². The van der Waals surface area contributed by atoms with Gasteiger partial charge in [0.05, 0.1) is 17.7 Å². The lowest BCUT2D eigenvalue weighted by Gasteiger charge is -2.14. The Balaban J connectivity index is 1.94. The fourth-order valence-corrected chi connectivity index (χ4v) is 3.50. The van der Waals surface area contributed by atoms with E-state index in [1.807, 2.05) is 0 Å². The first-order chi connectivity index (χ1) is 12.7. The summed E-state index contributed by atoms with van der Waals surface area (Å²) in [6.45, 7) is 5.22. The van der Waals surface area contributed by atoms with Crippen LogP contribution in [0.25, 0.3) is 0 Å². The maximum absolute atomic E-state index is 12.3. The lowest BCUT2D eigenvalue weighted by Crippen LogP contribution is -2.44. The van der Waals surface area contributed by atoms with E-state index >= 15 is 0 Å². The highest BCUT2D eigenvalue weighted by Crippen LogP contribution is 2.11. The van der Waals surface area contributed by atoms with E-state index in [4.69, 9.17) is 4.42 Å². The highest BCUT2D eigenvalue weighted by atomic mass is 32.2. The van der Waals surface area contributed by atoms with E-state index in [2.05, 4.69) is 15.4 Å². The van der Waals surface area contributed by atoms with Gasteiger partial charge in [0.15, 0.2) is 0 Å². The zero-order valence-corrected chi connectivity index (χ0v) is 16.2. The van der Waals surface area contributed by atoms with Gasteiger partial charge in [0, 0.05) is 11.6 Å². The van der Waals surface area contributed by atoms with Crippen LogP contribution < -0.4 is 15.4 Å². The second-order valence-electron chi connectivity index (χ2n) is 6.29. The molecule has 2 amide bonds. The van der Waals surface area contributed by atoms with Crippen LogP contribution in [0.2, 0.25) is 0 Å². The van der Waals surface area contributed by atoms with Crippen molar-refractivity contribution in [3.8, 4) is 0 Å². The largest absolute Gasteiger partial charge is 0.467 e. The van der Waals surface area contributed by atoms with Gasteiger partial charge in [0.1, 0.15) is 11.8 Å². The maximum Gasteiger partial charge on any atom is 0.251 e. The van der Waals surface area contributed by atoms with Crippen molar-refractivity contribution in [3.05, 3.63) is 54.0 Å². The summed E-state index contributed by atoms with van der Waals surface area (Å²) < 4.78 is 31.8. The van der Waals surface area contributed by atoms with Crippen LogP contribution in [0.5, 0.6) is 0 Å². The summed E-state index contributed by atoms with van der Waals surface area (Å²) in [4.78, 5) is 24.4. The number of furan rings is 1. The molecule has 9 heteroatoms. The Morgan fingerprint density at radius 3 is 2.30 bits per heavy atom. The normalized spacial score (nSPS) is 12.6. The molecule has 0 aliphatic carbocycles. The highest BCUT2D eigenvalue weighted by molar-refractivity contribution is 7.89. The first kappa shape index (κ1) is 20.7. The van der Waals surface area contributed by atoms with Crippen LogP contribution in [0.1, 0.15) is 36.9 Å². The fourth-order valence-electron chi connectivity index (χ4n) is 2.25. The van der Waals surface area contributed by atoms with Gasteiger partial charge in [-0.2, -0.15) is 0 Å². The fraction of sp³-hybridized carbons (Fsp3) is 0.333.